The highest BCUT2D eigenvalue weighted by molar-refractivity contribution is 14.1. The van der Waals surface area contributed by atoms with Gasteiger partial charge in [0.2, 0.25) is 0 Å². The van der Waals surface area contributed by atoms with Crippen LogP contribution in [0, 0.1) is 52.3 Å². The molecule has 27 heavy (non-hydrogen) atoms. The predicted octanol–water partition coefficient (Wildman–Crippen LogP) is 7.10. The van der Waals surface area contributed by atoms with Crippen molar-refractivity contribution in [3.63, 3.8) is 0 Å². The smallest absolute Gasteiger partial charge is 0.0648 e. The Bertz CT molecular complexity index is 563. The van der Waals surface area contributed by atoms with E-state index in [1.165, 1.54) is 43.0 Å². The van der Waals surface area contributed by atoms with Crippen LogP contribution in [0.5, 0.6) is 0 Å². The number of hydrogen-bond acceptors (Lipinski definition) is 1. The van der Waals surface area contributed by atoms with E-state index < -0.39 is 0 Å². The zero-order chi connectivity index (χ0) is 19.6. The van der Waals surface area contributed by atoms with Gasteiger partial charge in [-0.3, -0.25) is 0 Å². The molecular formula is C25H43IO. The molecule has 0 bridgehead atoms. The molecule has 2 heteroatoms. The Hall–Kier alpha value is 0.690. The summed E-state index contributed by atoms with van der Waals surface area (Å²) < 4.78 is 1.32. The van der Waals surface area contributed by atoms with E-state index in [0.29, 0.717) is 10.8 Å². The zero-order valence-electron chi connectivity index (χ0n) is 18.4. The van der Waals surface area contributed by atoms with Crippen molar-refractivity contribution in [2.24, 2.45) is 52.3 Å². The van der Waals surface area contributed by atoms with Crippen LogP contribution in [0.2, 0.25) is 0 Å². The number of rotatable bonds is 3. The van der Waals surface area contributed by atoms with E-state index in [1.807, 2.05) is 0 Å². The summed E-state index contributed by atoms with van der Waals surface area (Å²) in [5.74, 6) is 6.33. The van der Waals surface area contributed by atoms with Gasteiger partial charge < -0.3 is 5.11 Å². The molecule has 4 fully saturated rings. The molecule has 0 saturated heterocycles. The Labute approximate surface area is 182 Å². The van der Waals surface area contributed by atoms with Gasteiger partial charge in [0.05, 0.1) is 5.60 Å². The van der Waals surface area contributed by atoms with Crippen molar-refractivity contribution < 1.29 is 5.11 Å². The van der Waals surface area contributed by atoms with Gasteiger partial charge in [-0.05, 0) is 110 Å². The molecule has 0 amide bonds. The van der Waals surface area contributed by atoms with Crippen molar-refractivity contribution in [2.45, 2.75) is 98.0 Å². The minimum absolute atomic E-state index is 0.359. The molecule has 1 nitrogen and oxygen atoms in total. The van der Waals surface area contributed by atoms with Gasteiger partial charge >= 0.3 is 0 Å². The van der Waals surface area contributed by atoms with E-state index in [-0.39, 0.29) is 5.60 Å². The molecule has 0 unspecified atom stereocenters. The Kier molecular flexibility index (Phi) is 5.53. The van der Waals surface area contributed by atoms with Crippen LogP contribution in [0.4, 0.5) is 0 Å². The maximum Gasteiger partial charge on any atom is 0.0648 e. The van der Waals surface area contributed by atoms with Gasteiger partial charge in [-0.1, -0.05) is 57.2 Å². The topological polar surface area (TPSA) is 20.2 Å². The Balaban J connectivity index is 1.61. The van der Waals surface area contributed by atoms with E-state index >= 15 is 0 Å². The average molecular weight is 487 g/mol. The summed E-state index contributed by atoms with van der Waals surface area (Å²) in [5.41, 5.74) is 0.729. The minimum atomic E-state index is -0.359. The molecular weight excluding hydrogens is 443 g/mol. The molecule has 4 rings (SSSR count). The molecule has 0 aliphatic heterocycles. The van der Waals surface area contributed by atoms with E-state index in [9.17, 15) is 5.11 Å². The van der Waals surface area contributed by atoms with E-state index in [4.69, 9.17) is 0 Å². The molecule has 156 valence electrons. The lowest BCUT2D eigenvalue weighted by Crippen LogP contribution is -2.56. The number of alkyl halides is 1. The second-order valence-corrected chi connectivity index (χ2v) is 12.7. The van der Waals surface area contributed by atoms with Gasteiger partial charge in [-0.15, -0.1) is 0 Å². The lowest BCUT2D eigenvalue weighted by molar-refractivity contribution is -0.156. The SMILES string of the molecule is CC[C@]1(O)CC[C@@]2(C)[C@@H](CC[C@H]3[C@@H]4[C@H](C)C[C@H]([C@H](C)CI)[C@@]4(C)CC[C@@H]32)C1. The molecule has 0 radical (unpaired) electrons. The molecule has 0 aromatic rings. The molecule has 4 saturated carbocycles. The monoisotopic (exact) mass is 486 g/mol. The largest absolute Gasteiger partial charge is 0.390 e. The summed E-state index contributed by atoms with van der Waals surface area (Å²) in [6.07, 6.45) is 11.6. The highest BCUT2D eigenvalue weighted by atomic mass is 127. The number of aliphatic hydroxyl groups is 1. The quantitative estimate of drug-likeness (QED) is 0.333. The fourth-order valence-corrected chi connectivity index (χ4v) is 9.85. The predicted molar refractivity (Wildman–Crippen MR) is 123 cm³/mol. The number of hydrogen-bond donors (Lipinski definition) is 1. The average Bonchev–Trinajstić information content (AvgIpc) is 2.93. The van der Waals surface area contributed by atoms with Crippen molar-refractivity contribution in [3.8, 4) is 0 Å². The summed E-state index contributed by atoms with van der Waals surface area (Å²) in [7, 11) is 0. The van der Waals surface area contributed by atoms with Crippen molar-refractivity contribution in [1.82, 2.24) is 0 Å². The first-order valence-electron chi connectivity index (χ1n) is 12.0. The van der Waals surface area contributed by atoms with Crippen molar-refractivity contribution in [1.29, 1.82) is 0 Å². The fraction of sp³-hybridized carbons (Fsp3) is 1.00. The molecule has 4 aliphatic rings. The van der Waals surface area contributed by atoms with E-state index in [1.54, 1.807) is 0 Å². The van der Waals surface area contributed by atoms with Crippen LogP contribution in [0.3, 0.4) is 0 Å². The molecule has 1 N–H and O–H groups in total. The molecule has 0 aromatic heterocycles. The van der Waals surface area contributed by atoms with Crippen LogP contribution in [0.15, 0.2) is 0 Å². The van der Waals surface area contributed by atoms with Gasteiger partial charge in [-0.2, -0.15) is 0 Å². The second-order valence-electron chi connectivity index (χ2n) is 11.9. The molecule has 0 heterocycles. The third-order valence-electron chi connectivity index (χ3n) is 10.8. The van der Waals surface area contributed by atoms with Crippen LogP contribution in [0.25, 0.3) is 0 Å². The summed E-state index contributed by atoms with van der Waals surface area (Å²) in [6, 6.07) is 0. The minimum Gasteiger partial charge on any atom is -0.390 e. The number of fused-ring (bicyclic) bond motifs is 5. The van der Waals surface area contributed by atoms with Crippen molar-refractivity contribution >= 4 is 22.6 Å². The van der Waals surface area contributed by atoms with E-state index in [0.717, 1.165) is 60.7 Å². The lowest BCUT2D eigenvalue weighted by atomic mass is 9.43. The molecule has 10 atom stereocenters. The van der Waals surface area contributed by atoms with Crippen molar-refractivity contribution in [2.75, 3.05) is 4.43 Å². The standard InChI is InChI=1S/C25H43IO/c1-6-25(27)12-11-23(4)18(14-25)7-8-19-20(23)9-10-24(5)21(17(3)15-26)13-16(2)22(19)24/h16-22,27H,6-15H2,1-5H3/t16-,17-,18+,19-,20+,21-,22+,23+,24-,25+/m1/s1. The van der Waals surface area contributed by atoms with Gasteiger partial charge in [0, 0.05) is 4.43 Å². The first-order valence-corrected chi connectivity index (χ1v) is 13.5. The van der Waals surface area contributed by atoms with Crippen LogP contribution in [-0.4, -0.2) is 15.1 Å². The Morgan fingerprint density at radius 3 is 2.48 bits per heavy atom. The van der Waals surface area contributed by atoms with Gasteiger partial charge in [0.1, 0.15) is 0 Å². The van der Waals surface area contributed by atoms with Gasteiger partial charge in [-0.25, -0.2) is 0 Å². The highest BCUT2D eigenvalue weighted by Gasteiger charge is 2.63. The number of halogens is 1. The fourth-order valence-electron chi connectivity index (χ4n) is 9.23. The summed E-state index contributed by atoms with van der Waals surface area (Å²) >= 11 is 2.63. The van der Waals surface area contributed by atoms with Crippen LogP contribution in [0.1, 0.15) is 92.4 Å². The van der Waals surface area contributed by atoms with E-state index in [2.05, 4.69) is 57.2 Å². The van der Waals surface area contributed by atoms with Crippen LogP contribution in [-0.2, 0) is 0 Å². The maximum absolute atomic E-state index is 11.0. The first-order chi connectivity index (χ1) is 12.7. The zero-order valence-corrected chi connectivity index (χ0v) is 20.6. The third kappa shape index (κ3) is 3.08. The summed E-state index contributed by atoms with van der Waals surface area (Å²) in [6.45, 7) is 12.6. The lowest BCUT2D eigenvalue weighted by Gasteiger charge is -2.62. The normalized spacial score (nSPS) is 56.1. The Morgan fingerprint density at radius 2 is 1.81 bits per heavy atom. The maximum atomic E-state index is 11.0. The Morgan fingerprint density at radius 1 is 1.07 bits per heavy atom. The summed E-state index contributed by atoms with van der Waals surface area (Å²) in [5, 5.41) is 11.0. The van der Waals surface area contributed by atoms with Gasteiger partial charge in [0.25, 0.3) is 0 Å². The second kappa shape index (κ2) is 7.13. The first kappa shape index (κ1) is 20.9. The molecule has 4 aliphatic carbocycles. The van der Waals surface area contributed by atoms with Gasteiger partial charge in [0.15, 0.2) is 0 Å². The molecule has 0 spiro atoms. The highest BCUT2D eigenvalue weighted by Crippen LogP contribution is 2.70. The summed E-state index contributed by atoms with van der Waals surface area (Å²) in [4.78, 5) is 0. The third-order valence-corrected chi connectivity index (χ3v) is 12.2. The van der Waals surface area contributed by atoms with Crippen molar-refractivity contribution in [3.05, 3.63) is 0 Å². The van der Waals surface area contributed by atoms with Crippen LogP contribution < -0.4 is 0 Å². The molecule has 0 aromatic carbocycles. The van der Waals surface area contributed by atoms with Crippen LogP contribution >= 0.6 is 22.6 Å².